The number of hydrogen-bond donors (Lipinski definition) is 0. The minimum Gasteiger partial charge on any atom is -0.456 e. The van der Waals surface area contributed by atoms with Crippen molar-refractivity contribution in [2.45, 2.75) is 56.8 Å². The van der Waals surface area contributed by atoms with E-state index in [1.165, 1.54) is 13.8 Å². The highest BCUT2D eigenvalue weighted by Gasteiger charge is 2.57. The first-order chi connectivity index (χ1) is 20.0. The zero-order valence-corrected chi connectivity index (χ0v) is 23.1. The van der Waals surface area contributed by atoms with Crippen molar-refractivity contribution in [2.75, 3.05) is 29.5 Å². The highest BCUT2D eigenvalue weighted by molar-refractivity contribution is 5.68. The van der Waals surface area contributed by atoms with E-state index >= 15 is 0 Å². The van der Waals surface area contributed by atoms with Crippen LogP contribution < -0.4 is 9.80 Å². The molecule has 9 heteroatoms. The van der Waals surface area contributed by atoms with Crippen molar-refractivity contribution in [3.05, 3.63) is 96.6 Å². The molecule has 0 amide bonds. The summed E-state index contributed by atoms with van der Waals surface area (Å²) in [7, 11) is 0. The second-order valence-electron chi connectivity index (χ2n) is 10.4. The molecule has 0 spiro atoms. The third-order valence-electron chi connectivity index (χ3n) is 7.73. The van der Waals surface area contributed by atoms with Crippen molar-refractivity contribution in [2.24, 2.45) is 0 Å². The zero-order valence-electron chi connectivity index (χ0n) is 23.1. The molecule has 3 aliphatic heterocycles. The third kappa shape index (κ3) is 5.66. The molecule has 214 valence electrons. The Hall–Kier alpha value is -3.92. The monoisotopic (exact) mass is 558 g/mol. The van der Waals surface area contributed by atoms with E-state index in [0.29, 0.717) is 13.1 Å². The van der Waals surface area contributed by atoms with Crippen LogP contribution >= 0.6 is 0 Å². The van der Waals surface area contributed by atoms with Gasteiger partial charge in [0.25, 0.3) is 0 Å². The minimum atomic E-state index is -0.937. The van der Waals surface area contributed by atoms with E-state index in [1.807, 2.05) is 66.7 Å². The molecule has 3 heterocycles. The topological polar surface area (TPSA) is 86.8 Å². The van der Waals surface area contributed by atoms with Crippen LogP contribution in [0.2, 0.25) is 0 Å². The summed E-state index contributed by atoms with van der Waals surface area (Å²) in [4.78, 5) is 29.5. The molecule has 3 fully saturated rings. The summed E-state index contributed by atoms with van der Waals surface area (Å²) in [6.07, 6.45) is -4.88. The van der Waals surface area contributed by atoms with Crippen molar-refractivity contribution in [3.63, 3.8) is 0 Å². The Morgan fingerprint density at radius 2 is 1.17 bits per heavy atom. The Morgan fingerprint density at radius 1 is 0.683 bits per heavy atom. The van der Waals surface area contributed by atoms with Crippen molar-refractivity contribution in [3.8, 4) is 0 Å². The molecule has 3 aromatic rings. The lowest BCUT2D eigenvalue weighted by molar-refractivity contribution is -0.331. The normalized spacial score (nSPS) is 28.1. The van der Waals surface area contributed by atoms with Gasteiger partial charge in [-0.1, -0.05) is 66.7 Å². The summed E-state index contributed by atoms with van der Waals surface area (Å²) in [5, 5.41) is 0. The van der Waals surface area contributed by atoms with Gasteiger partial charge in [0.15, 0.2) is 18.5 Å². The Labute approximate surface area is 239 Å². The Balaban J connectivity index is 1.40. The Bertz CT molecular complexity index is 1280. The Kier molecular flexibility index (Phi) is 7.91. The standard InChI is InChI=1S/C32H34N2O7/c1-21(35)38-28-27-26(20-37-32(41-27)23-12-6-3-7-13-23)40-30(29(28)39-22(2)36)31-33(24-14-8-4-9-15-24)18-19-34(31)25-16-10-5-11-17-25/h3-17,26-32H,18-20H2,1-2H3/t26-,27-,28+,29-,30-,32-/m1/s1. The molecule has 0 bridgehead atoms. The minimum absolute atomic E-state index is 0.217. The third-order valence-corrected chi connectivity index (χ3v) is 7.73. The fourth-order valence-corrected chi connectivity index (χ4v) is 6.09. The molecule has 6 rings (SSSR count). The molecule has 9 nitrogen and oxygen atoms in total. The molecular weight excluding hydrogens is 524 g/mol. The second kappa shape index (κ2) is 11.9. The summed E-state index contributed by atoms with van der Waals surface area (Å²) in [5.74, 6) is -0.995. The summed E-state index contributed by atoms with van der Waals surface area (Å²) < 4.78 is 31.2. The summed E-state index contributed by atoms with van der Waals surface area (Å²) in [5.41, 5.74) is 2.85. The summed E-state index contributed by atoms with van der Waals surface area (Å²) >= 11 is 0. The molecule has 41 heavy (non-hydrogen) atoms. The molecule has 3 aromatic carbocycles. The maximum atomic E-state index is 12.5. The van der Waals surface area contributed by atoms with E-state index < -0.39 is 48.7 Å². The number of ether oxygens (including phenoxy) is 5. The van der Waals surface area contributed by atoms with Crippen molar-refractivity contribution in [1.82, 2.24) is 0 Å². The Morgan fingerprint density at radius 3 is 1.68 bits per heavy atom. The van der Waals surface area contributed by atoms with E-state index in [9.17, 15) is 9.59 Å². The molecule has 0 unspecified atom stereocenters. The van der Waals surface area contributed by atoms with Gasteiger partial charge in [-0.3, -0.25) is 9.59 Å². The molecule has 3 saturated heterocycles. The average molecular weight is 559 g/mol. The van der Waals surface area contributed by atoms with Crippen molar-refractivity contribution >= 4 is 23.3 Å². The van der Waals surface area contributed by atoms with Crippen LogP contribution in [0.15, 0.2) is 91.0 Å². The number of nitrogens with zero attached hydrogens (tertiary/aromatic N) is 2. The van der Waals surface area contributed by atoms with E-state index in [4.69, 9.17) is 23.7 Å². The zero-order chi connectivity index (χ0) is 28.3. The lowest BCUT2D eigenvalue weighted by atomic mass is 9.91. The smallest absolute Gasteiger partial charge is 0.303 e. The summed E-state index contributed by atoms with van der Waals surface area (Å²) in [6, 6.07) is 29.7. The SMILES string of the molecule is CC(=O)O[C@@H]1[C@@H](OC(C)=O)[C@H](C2N(c3ccccc3)CCN2c2ccccc2)O[C@@H]2CO[C@@H](c3ccccc3)O[C@@H]12. The fraction of sp³-hybridized carbons (Fsp3) is 0.375. The van der Waals surface area contributed by atoms with Crippen LogP contribution in [-0.2, 0) is 33.3 Å². The average Bonchev–Trinajstić information content (AvgIpc) is 3.44. The first-order valence-electron chi connectivity index (χ1n) is 13.9. The van der Waals surface area contributed by atoms with Gasteiger partial charge in [0, 0.05) is 43.9 Å². The van der Waals surface area contributed by atoms with Crippen LogP contribution in [0.5, 0.6) is 0 Å². The number of fused-ring (bicyclic) bond motifs is 1. The number of carbonyl (C=O) groups excluding carboxylic acids is 2. The maximum Gasteiger partial charge on any atom is 0.303 e. The van der Waals surface area contributed by atoms with Crippen LogP contribution in [0.1, 0.15) is 25.7 Å². The van der Waals surface area contributed by atoms with Gasteiger partial charge in [-0.05, 0) is 24.3 Å². The predicted octanol–water partition coefficient (Wildman–Crippen LogP) is 4.08. The van der Waals surface area contributed by atoms with Gasteiger partial charge in [0.05, 0.1) is 6.61 Å². The number of benzene rings is 3. The number of hydrogen-bond acceptors (Lipinski definition) is 9. The molecular formula is C32H34N2O7. The van der Waals surface area contributed by atoms with Crippen LogP contribution in [0.3, 0.4) is 0 Å². The molecule has 0 aromatic heterocycles. The maximum absolute atomic E-state index is 12.5. The molecule has 0 aliphatic carbocycles. The van der Waals surface area contributed by atoms with Crippen LogP contribution in [0, 0.1) is 0 Å². The molecule has 6 atom stereocenters. The van der Waals surface area contributed by atoms with Gasteiger partial charge in [-0.15, -0.1) is 0 Å². The number of para-hydroxylation sites is 2. The first-order valence-corrected chi connectivity index (χ1v) is 13.9. The lowest BCUT2D eigenvalue weighted by Crippen LogP contribution is -2.69. The van der Waals surface area contributed by atoms with Crippen LogP contribution in [0.25, 0.3) is 0 Å². The van der Waals surface area contributed by atoms with Gasteiger partial charge < -0.3 is 33.5 Å². The fourth-order valence-electron chi connectivity index (χ4n) is 6.09. The highest BCUT2D eigenvalue weighted by atomic mass is 16.7. The van der Waals surface area contributed by atoms with Gasteiger partial charge in [0.1, 0.15) is 24.5 Å². The van der Waals surface area contributed by atoms with Crippen molar-refractivity contribution < 1.29 is 33.3 Å². The van der Waals surface area contributed by atoms with E-state index in [-0.39, 0.29) is 12.8 Å². The molecule has 0 N–H and O–H groups in total. The summed E-state index contributed by atoms with van der Waals surface area (Å²) in [6.45, 7) is 4.34. The van der Waals surface area contributed by atoms with Gasteiger partial charge in [-0.25, -0.2) is 0 Å². The van der Waals surface area contributed by atoms with Crippen molar-refractivity contribution in [1.29, 1.82) is 0 Å². The van der Waals surface area contributed by atoms with E-state index in [0.717, 1.165) is 16.9 Å². The van der Waals surface area contributed by atoms with Gasteiger partial charge in [0.2, 0.25) is 0 Å². The van der Waals surface area contributed by atoms with Crippen LogP contribution in [0.4, 0.5) is 11.4 Å². The predicted molar refractivity (Wildman–Crippen MR) is 151 cm³/mol. The van der Waals surface area contributed by atoms with E-state index in [2.05, 4.69) is 34.1 Å². The number of esters is 2. The lowest BCUT2D eigenvalue weighted by Gasteiger charge is -2.51. The highest BCUT2D eigenvalue weighted by Crippen LogP contribution is 2.41. The first kappa shape index (κ1) is 27.3. The van der Waals surface area contributed by atoms with E-state index in [1.54, 1.807) is 0 Å². The number of anilines is 2. The molecule has 0 saturated carbocycles. The van der Waals surface area contributed by atoms with Crippen LogP contribution in [-0.4, -0.2) is 68.3 Å². The number of rotatable bonds is 6. The molecule has 0 radical (unpaired) electrons. The quantitative estimate of drug-likeness (QED) is 0.416. The molecule has 3 aliphatic rings. The largest absolute Gasteiger partial charge is 0.456 e. The van der Waals surface area contributed by atoms with Gasteiger partial charge in [-0.2, -0.15) is 0 Å². The number of carbonyl (C=O) groups is 2. The van der Waals surface area contributed by atoms with Gasteiger partial charge >= 0.3 is 11.9 Å². The second-order valence-corrected chi connectivity index (χ2v) is 10.4.